The highest BCUT2D eigenvalue weighted by Gasteiger charge is 2.03. The highest BCUT2D eigenvalue weighted by Crippen LogP contribution is 2.11. The fourth-order valence-corrected chi connectivity index (χ4v) is 0.774. The molecule has 0 heterocycles. The molecular weight excluding hydrogens is 160 g/mol. The first-order valence-electron chi connectivity index (χ1n) is 3.69. The highest BCUT2D eigenvalue weighted by molar-refractivity contribution is 4.46. The molecular formula is C7H12F4. The zero-order valence-electron chi connectivity index (χ0n) is 6.20. The molecule has 0 bridgehead atoms. The monoisotopic (exact) mass is 172 g/mol. The fraction of sp³-hybridized carbons (Fsp3) is 1.00. The minimum absolute atomic E-state index is 0.163. The largest absolute Gasteiger partial charge is 0.238 e. The van der Waals surface area contributed by atoms with E-state index in [0.717, 1.165) is 0 Å². The molecule has 68 valence electrons. The van der Waals surface area contributed by atoms with Crippen LogP contribution in [0.25, 0.3) is 0 Å². The fourth-order valence-electron chi connectivity index (χ4n) is 0.774. The molecule has 0 spiro atoms. The number of hydrogen-bond donors (Lipinski definition) is 0. The van der Waals surface area contributed by atoms with Crippen LogP contribution in [0.4, 0.5) is 17.6 Å². The van der Waals surface area contributed by atoms with Crippen LogP contribution >= 0.6 is 0 Å². The number of rotatable bonds is 6. The van der Waals surface area contributed by atoms with Gasteiger partial charge >= 0.3 is 0 Å². The third-order valence-electron chi connectivity index (χ3n) is 1.34. The van der Waals surface area contributed by atoms with Gasteiger partial charge < -0.3 is 0 Å². The summed E-state index contributed by atoms with van der Waals surface area (Å²) in [4.78, 5) is 0. The molecule has 0 nitrogen and oxygen atoms in total. The predicted molar refractivity (Wildman–Crippen MR) is 35.1 cm³/mol. The Labute approximate surface area is 63.6 Å². The summed E-state index contributed by atoms with van der Waals surface area (Å²) in [5.41, 5.74) is 0. The van der Waals surface area contributed by atoms with Crippen molar-refractivity contribution in [3.8, 4) is 0 Å². The second-order valence-electron chi connectivity index (χ2n) is 2.42. The molecule has 0 aromatic rings. The molecule has 0 aliphatic carbocycles. The summed E-state index contributed by atoms with van der Waals surface area (Å²) < 4.78 is 45.9. The first-order valence-corrected chi connectivity index (χ1v) is 3.69. The van der Waals surface area contributed by atoms with Crippen LogP contribution in [0.3, 0.4) is 0 Å². The van der Waals surface area contributed by atoms with Gasteiger partial charge in [-0.1, -0.05) is 6.42 Å². The van der Waals surface area contributed by atoms with Crippen molar-refractivity contribution in [2.24, 2.45) is 0 Å². The van der Waals surface area contributed by atoms with E-state index in [1.165, 1.54) is 0 Å². The van der Waals surface area contributed by atoms with Gasteiger partial charge in [-0.25, -0.2) is 17.6 Å². The lowest BCUT2D eigenvalue weighted by Crippen LogP contribution is -1.92. The normalized spacial score (nSPS) is 11.5. The van der Waals surface area contributed by atoms with E-state index in [2.05, 4.69) is 0 Å². The highest BCUT2D eigenvalue weighted by atomic mass is 19.3. The molecule has 0 aromatic heterocycles. The molecule has 0 aromatic carbocycles. The molecule has 0 unspecified atom stereocenters. The Morgan fingerprint density at radius 2 is 1.00 bits per heavy atom. The summed E-state index contributed by atoms with van der Waals surface area (Å²) in [6.45, 7) is 0. The van der Waals surface area contributed by atoms with Gasteiger partial charge in [0.25, 0.3) is 0 Å². The van der Waals surface area contributed by atoms with E-state index in [1.807, 2.05) is 0 Å². The Morgan fingerprint density at radius 1 is 0.636 bits per heavy atom. The molecule has 0 atom stereocenters. The average molecular weight is 172 g/mol. The third kappa shape index (κ3) is 9.72. The van der Waals surface area contributed by atoms with E-state index in [-0.39, 0.29) is 12.8 Å². The molecule has 0 rings (SSSR count). The van der Waals surface area contributed by atoms with E-state index in [1.54, 1.807) is 0 Å². The van der Waals surface area contributed by atoms with Crippen LogP contribution in [0, 0.1) is 0 Å². The van der Waals surface area contributed by atoms with Gasteiger partial charge in [0.2, 0.25) is 12.9 Å². The van der Waals surface area contributed by atoms with Crippen molar-refractivity contribution in [1.29, 1.82) is 0 Å². The minimum Gasteiger partial charge on any atom is -0.211 e. The van der Waals surface area contributed by atoms with E-state index in [4.69, 9.17) is 0 Å². The minimum atomic E-state index is -2.29. The molecule has 0 aliphatic heterocycles. The van der Waals surface area contributed by atoms with Crippen LogP contribution in [0.5, 0.6) is 0 Å². The van der Waals surface area contributed by atoms with Gasteiger partial charge in [-0.15, -0.1) is 0 Å². The molecule has 0 fully saturated rings. The van der Waals surface area contributed by atoms with E-state index >= 15 is 0 Å². The van der Waals surface area contributed by atoms with Gasteiger partial charge in [0.15, 0.2) is 0 Å². The van der Waals surface area contributed by atoms with Crippen molar-refractivity contribution in [3.63, 3.8) is 0 Å². The van der Waals surface area contributed by atoms with E-state index in [9.17, 15) is 17.6 Å². The Kier molecular flexibility index (Phi) is 6.27. The van der Waals surface area contributed by atoms with Crippen LogP contribution in [-0.2, 0) is 0 Å². The number of hydrogen-bond acceptors (Lipinski definition) is 0. The van der Waals surface area contributed by atoms with Crippen molar-refractivity contribution in [2.75, 3.05) is 0 Å². The van der Waals surface area contributed by atoms with Crippen molar-refractivity contribution in [1.82, 2.24) is 0 Å². The summed E-state index contributed by atoms with van der Waals surface area (Å²) in [6, 6.07) is 0. The molecule has 4 heteroatoms. The number of unbranched alkanes of at least 4 members (excludes halogenated alkanes) is 2. The van der Waals surface area contributed by atoms with Crippen molar-refractivity contribution in [2.45, 2.75) is 45.0 Å². The molecule has 11 heavy (non-hydrogen) atoms. The maximum atomic E-state index is 11.5. The zero-order valence-corrected chi connectivity index (χ0v) is 6.20. The molecule has 0 saturated carbocycles. The van der Waals surface area contributed by atoms with E-state index in [0.29, 0.717) is 19.3 Å². The molecule has 0 amide bonds. The maximum Gasteiger partial charge on any atom is 0.238 e. The summed E-state index contributed by atoms with van der Waals surface area (Å²) in [6.07, 6.45) is -3.72. The van der Waals surface area contributed by atoms with Crippen molar-refractivity contribution >= 4 is 0 Å². The molecule has 0 N–H and O–H groups in total. The lowest BCUT2D eigenvalue weighted by Gasteiger charge is -1.99. The van der Waals surface area contributed by atoms with Crippen LogP contribution in [0.15, 0.2) is 0 Å². The molecule has 0 saturated heterocycles. The van der Waals surface area contributed by atoms with Gasteiger partial charge in [0.1, 0.15) is 0 Å². The van der Waals surface area contributed by atoms with Gasteiger partial charge in [0, 0.05) is 12.8 Å². The van der Waals surface area contributed by atoms with Crippen LogP contribution in [0.1, 0.15) is 32.1 Å². The van der Waals surface area contributed by atoms with Crippen molar-refractivity contribution in [3.05, 3.63) is 0 Å². The summed E-state index contributed by atoms with van der Waals surface area (Å²) in [5, 5.41) is 0. The van der Waals surface area contributed by atoms with Gasteiger partial charge in [-0.3, -0.25) is 0 Å². The lowest BCUT2D eigenvalue weighted by molar-refractivity contribution is 0.125. The Bertz CT molecular complexity index is 72.5. The first kappa shape index (κ1) is 10.7. The second kappa shape index (κ2) is 6.43. The summed E-state index contributed by atoms with van der Waals surface area (Å²) in [7, 11) is 0. The summed E-state index contributed by atoms with van der Waals surface area (Å²) >= 11 is 0. The van der Waals surface area contributed by atoms with Crippen LogP contribution in [-0.4, -0.2) is 12.9 Å². The van der Waals surface area contributed by atoms with E-state index < -0.39 is 12.9 Å². The van der Waals surface area contributed by atoms with Gasteiger partial charge in [-0.2, -0.15) is 0 Å². The molecule has 0 radical (unpaired) electrons. The smallest absolute Gasteiger partial charge is 0.211 e. The standard InChI is InChI=1S/C7H12F4/c8-6(9)4-2-1-3-5-7(10)11/h6-7H,1-5H2. The number of halogens is 4. The first-order chi connectivity index (χ1) is 5.13. The quantitative estimate of drug-likeness (QED) is 0.425. The Hall–Kier alpha value is -0.280. The zero-order chi connectivity index (χ0) is 8.69. The Morgan fingerprint density at radius 3 is 1.27 bits per heavy atom. The topological polar surface area (TPSA) is 0 Å². The lowest BCUT2D eigenvalue weighted by atomic mass is 10.1. The number of alkyl halides is 4. The second-order valence-corrected chi connectivity index (χ2v) is 2.42. The van der Waals surface area contributed by atoms with Crippen LogP contribution < -0.4 is 0 Å². The summed E-state index contributed by atoms with van der Waals surface area (Å²) in [5.74, 6) is 0. The van der Waals surface area contributed by atoms with Crippen molar-refractivity contribution < 1.29 is 17.6 Å². The maximum absolute atomic E-state index is 11.5. The van der Waals surface area contributed by atoms with Gasteiger partial charge in [0.05, 0.1) is 0 Å². The average Bonchev–Trinajstić information content (AvgIpc) is 1.85. The van der Waals surface area contributed by atoms with Crippen LogP contribution in [0.2, 0.25) is 0 Å². The SMILES string of the molecule is FC(F)CCCCCC(F)F. The third-order valence-corrected chi connectivity index (χ3v) is 1.34. The Balaban J connectivity index is 2.91. The predicted octanol–water partition coefficient (Wildman–Crippen LogP) is 3.47. The molecule has 0 aliphatic rings. The van der Waals surface area contributed by atoms with Gasteiger partial charge in [-0.05, 0) is 12.8 Å².